The largest absolute Gasteiger partial charge is 0.490 e. The number of hydrogen-bond acceptors (Lipinski definition) is 4. The van der Waals surface area contributed by atoms with Crippen LogP contribution in [0, 0.1) is 5.82 Å². The number of aliphatic carboxylic acids is 2. The van der Waals surface area contributed by atoms with E-state index in [1.165, 1.54) is 12.1 Å². The number of nitrogens with zero attached hydrogens (tertiary/aromatic N) is 2. The summed E-state index contributed by atoms with van der Waals surface area (Å²) in [5.41, 5.74) is 2.17. The number of pyridine rings is 1. The fourth-order valence-electron chi connectivity index (χ4n) is 1.61. The molecule has 3 N–H and O–H groups in total. The van der Waals surface area contributed by atoms with Crippen molar-refractivity contribution in [3.05, 3.63) is 48.4 Å². The smallest absolute Gasteiger partial charge is 0.475 e. The van der Waals surface area contributed by atoms with Crippen molar-refractivity contribution in [2.75, 3.05) is 0 Å². The number of imidazole rings is 1. The Kier molecular flexibility index (Phi) is 7.84. The number of halogens is 7. The average Bonchev–Trinajstić information content (AvgIpc) is 3.05. The van der Waals surface area contributed by atoms with Crippen LogP contribution in [-0.4, -0.2) is 49.5 Å². The lowest BCUT2D eigenvalue weighted by molar-refractivity contribution is -0.193. The summed E-state index contributed by atoms with van der Waals surface area (Å²) in [4.78, 5) is 29.3. The number of benzene rings is 1. The fourth-order valence-corrected chi connectivity index (χ4v) is 1.61. The number of nitrogens with one attached hydrogen (secondary N) is 1. The minimum absolute atomic E-state index is 0.274. The second-order valence-corrected chi connectivity index (χ2v) is 5.07. The van der Waals surface area contributed by atoms with E-state index in [4.69, 9.17) is 19.8 Å². The van der Waals surface area contributed by atoms with Crippen molar-refractivity contribution in [2.24, 2.45) is 0 Å². The number of hydrogen-bond donors (Lipinski definition) is 3. The van der Waals surface area contributed by atoms with Gasteiger partial charge in [-0.15, -0.1) is 0 Å². The summed E-state index contributed by atoms with van der Waals surface area (Å²) in [6.45, 7) is 0. The van der Waals surface area contributed by atoms with E-state index in [2.05, 4.69) is 15.0 Å². The van der Waals surface area contributed by atoms with Gasteiger partial charge in [-0.1, -0.05) is 6.07 Å². The molecule has 7 nitrogen and oxygen atoms in total. The number of aromatic amines is 1. The molecule has 0 bridgehead atoms. The summed E-state index contributed by atoms with van der Waals surface area (Å²) in [6, 6.07) is 10.0. The van der Waals surface area contributed by atoms with Crippen molar-refractivity contribution >= 4 is 23.0 Å². The number of carboxylic acids is 2. The molecule has 0 saturated carbocycles. The lowest BCUT2D eigenvalue weighted by Gasteiger charge is -1.93. The second kappa shape index (κ2) is 9.67. The number of rotatable bonds is 1. The van der Waals surface area contributed by atoms with Gasteiger partial charge in [-0.3, -0.25) is 4.98 Å². The molecular weight excluding hydrogens is 431 g/mol. The van der Waals surface area contributed by atoms with Crippen molar-refractivity contribution < 1.29 is 50.5 Å². The molecule has 14 heteroatoms. The van der Waals surface area contributed by atoms with Crippen LogP contribution in [0.3, 0.4) is 0 Å². The molecule has 0 radical (unpaired) electrons. The van der Waals surface area contributed by atoms with Crippen molar-refractivity contribution in [1.29, 1.82) is 0 Å². The third kappa shape index (κ3) is 7.73. The van der Waals surface area contributed by atoms with Gasteiger partial charge in [-0.2, -0.15) is 26.3 Å². The Hall–Kier alpha value is -3.71. The van der Waals surface area contributed by atoms with E-state index in [0.29, 0.717) is 11.3 Å². The summed E-state index contributed by atoms with van der Waals surface area (Å²) in [6.07, 6.45) is -8.47. The van der Waals surface area contributed by atoms with E-state index in [0.717, 1.165) is 11.2 Å². The molecule has 3 aromatic rings. The molecule has 0 aliphatic rings. The van der Waals surface area contributed by atoms with Crippen LogP contribution < -0.4 is 0 Å². The van der Waals surface area contributed by atoms with Gasteiger partial charge in [0.15, 0.2) is 5.82 Å². The molecule has 0 aliphatic carbocycles. The monoisotopic (exact) mass is 441 g/mol. The zero-order chi connectivity index (χ0) is 23.1. The molecule has 0 fully saturated rings. The predicted molar refractivity (Wildman–Crippen MR) is 86.7 cm³/mol. The Morgan fingerprint density at radius 1 is 0.900 bits per heavy atom. The van der Waals surface area contributed by atoms with E-state index in [1.54, 1.807) is 12.3 Å². The van der Waals surface area contributed by atoms with Crippen molar-refractivity contribution in [3.63, 3.8) is 0 Å². The molecule has 3 rings (SSSR count). The Labute approximate surface area is 161 Å². The van der Waals surface area contributed by atoms with Gasteiger partial charge >= 0.3 is 24.3 Å². The van der Waals surface area contributed by atoms with Crippen LogP contribution in [0.1, 0.15) is 0 Å². The molecule has 0 atom stereocenters. The average molecular weight is 441 g/mol. The standard InChI is InChI=1S/C12H8FN3.2C2HF3O2/c13-8-4-5-9-11(7-8)16-12(15-9)10-3-1-2-6-14-10;2*3-2(4,5)1(6)7/h1-7H,(H,15,16);2*(H,6,7). The Bertz CT molecular complexity index is 977. The van der Waals surface area contributed by atoms with Crippen molar-refractivity contribution in [2.45, 2.75) is 12.4 Å². The van der Waals surface area contributed by atoms with E-state index in [1.807, 2.05) is 18.2 Å². The molecule has 1 aromatic carbocycles. The number of carbonyl (C=O) groups is 2. The molecular formula is C16H10F7N3O4. The minimum atomic E-state index is -5.08. The molecule has 0 spiro atoms. The van der Waals surface area contributed by atoms with Gasteiger partial charge < -0.3 is 15.2 Å². The maximum absolute atomic E-state index is 13.0. The zero-order valence-electron chi connectivity index (χ0n) is 14.3. The molecule has 0 amide bonds. The van der Waals surface area contributed by atoms with Crippen LogP contribution in [0.2, 0.25) is 0 Å². The molecule has 2 aromatic heterocycles. The quantitative estimate of drug-likeness (QED) is 0.491. The van der Waals surface area contributed by atoms with E-state index in [9.17, 15) is 30.7 Å². The molecule has 162 valence electrons. The first-order valence-electron chi connectivity index (χ1n) is 7.38. The van der Waals surface area contributed by atoms with Gasteiger partial charge in [0.05, 0.1) is 11.0 Å². The SMILES string of the molecule is Fc1ccc2nc(-c3ccccn3)[nH]c2c1.O=C(O)C(F)(F)F.O=C(O)C(F)(F)F. The molecule has 0 unspecified atom stereocenters. The van der Waals surface area contributed by atoms with Crippen LogP contribution in [0.15, 0.2) is 42.6 Å². The predicted octanol–water partition coefficient (Wildman–Crippen LogP) is 4.03. The first-order chi connectivity index (χ1) is 13.7. The number of alkyl halides is 6. The van der Waals surface area contributed by atoms with E-state index < -0.39 is 24.3 Å². The Morgan fingerprint density at radius 3 is 1.87 bits per heavy atom. The van der Waals surface area contributed by atoms with Gasteiger partial charge in [-0.25, -0.2) is 19.0 Å². The highest BCUT2D eigenvalue weighted by Crippen LogP contribution is 2.19. The van der Waals surface area contributed by atoms with E-state index >= 15 is 0 Å². The number of carboxylic acid groups (broad SMARTS) is 2. The summed E-state index contributed by atoms with van der Waals surface area (Å²) in [5, 5.41) is 14.2. The van der Waals surface area contributed by atoms with Crippen molar-refractivity contribution in [1.82, 2.24) is 15.0 Å². The third-order valence-corrected chi connectivity index (χ3v) is 2.84. The first kappa shape index (κ1) is 24.3. The Morgan fingerprint density at radius 2 is 1.43 bits per heavy atom. The van der Waals surface area contributed by atoms with E-state index in [-0.39, 0.29) is 5.82 Å². The molecule has 0 saturated heterocycles. The summed E-state index contributed by atoms with van der Waals surface area (Å²) in [7, 11) is 0. The summed E-state index contributed by atoms with van der Waals surface area (Å²) < 4.78 is 76.5. The number of fused-ring (bicyclic) bond motifs is 1. The van der Waals surface area contributed by atoms with Gasteiger partial charge in [0.2, 0.25) is 0 Å². The van der Waals surface area contributed by atoms with Crippen molar-refractivity contribution in [3.8, 4) is 11.5 Å². The minimum Gasteiger partial charge on any atom is -0.475 e. The maximum Gasteiger partial charge on any atom is 0.490 e. The van der Waals surface area contributed by atoms with Crippen LogP contribution in [0.4, 0.5) is 30.7 Å². The Balaban J connectivity index is 0.000000271. The van der Waals surface area contributed by atoms with Crippen LogP contribution in [0.5, 0.6) is 0 Å². The summed E-state index contributed by atoms with van der Waals surface area (Å²) >= 11 is 0. The first-order valence-corrected chi connectivity index (χ1v) is 7.38. The molecule has 0 aliphatic heterocycles. The molecule has 2 heterocycles. The van der Waals surface area contributed by atoms with Gasteiger partial charge in [0.25, 0.3) is 0 Å². The lowest BCUT2D eigenvalue weighted by atomic mass is 10.3. The van der Waals surface area contributed by atoms with Crippen LogP contribution in [0.25, 0.3) is 22.6 Å². The van der Waals surface area contributed by atoms with Gasteiger partial charge in [0, 0.05) is 6.20 Å². The second-order valence-electron chi connectivity index (χ2n) is 5.07. The topological polar surface area (TPSA) is 116 Å². The maximum atomic E-state index is 13.0. The van der Waals surface area contributed by atoms with Crippen LogP contribution >= 0.6 is 0 Å². The fraction of sp³-hybridized carbons (Fsp3) is 0.125. The number of H-pyrrole nitrogens is 1. The third-order valence-electron chi connectivity index (χ3n) is 2.84. The highest BCUT2D eigenvalue weighted by Gasteiger charge is 2.38. The molecule has 30 heavy (non-hydrogen) atoms. The lowest BCUT2D eigenvalue weighted by Crippen LogP contribution is -2.21. The highest BCUT2D eigenvalue weighted by molar-refractivity contribution is 5.78. The zero-order valence-corrected chi connectivity index (χ0v) is 14.3. The van der Waals surface area contributed by atoms with Gasteiger partial charge in [0.1, 0.15) is 11.5 Å². The number of aromatic nitrogens is 3. The van der Waals surface area contributed by atoms with Crippen LogP contribution in [-0.2, 0) is 9.59 Å². The van der Waals surface area contributed by atoms with Gasteiger partial charge in [-0.05, 0) is 30.3 Å². The normalized spacial score (nSPS) is 11.0. The highest BCUT2D eigenvalue weighted by atomic mass is 19.4. The summed E-state index contributed by atoms with van der Waals surface area (Å²) in [5.74, 6) is -5.13.